The summed E-state index contributed by atoms with van der Waals surface area (Å²) in [6, 6.07) is 0. The van der Waals surface area contributed by atoms with E-state index < -0.39 is 7.12 Å². The zero-order valence-corrected chi connectivity index (χ0v) is 6.17. The fraction of sp³-hybridized carbons (Fsp3) is 1.00. The summed E-state index contributed by atoms with van der Waals surface area (Å²) in [5.41, 5.74) is 0. The smallest absolute Gasteiger partial charge is 0.427 e. The van der Waals surface area contributed by atoms with Crippen LogP contribution in [0, 0.1) is 0 Å². The lowest BCUT2D eigenvalue weighted by Crippen LogP contribution is -2.17. The summed E-state index contributed by atoms with van der Waals surface area (Å²) in [4.78, 5) is 0. The first-order valence-corrected chi connectivity index (χ1v) is 3.54. The van der Waals surface area contributed by atoms with Crippen molar-refractivity contribution in [2.24, 2.45) is 0 Å². The molecule has 1 unspecified atom stereocenters. The molecule has 0 spiro atoms. The molecule has 0 aliphatic rings. The van der Waals surface area contributed by atoms with E-state index in [1.165, 1.54) is 0 Å². The molecule has 3 heteroatoms. The van der Waals surface area contributed by atoms with Gasteiger partial charge in [0.15, 0.2) is 0 Å². The maximum absolute atomic E-state index is 8.60. The number of hydrogen-bond acceptors (Lipinski definition) is 2. The van der Waals surface area contributed by atoms with Crippen molar-refractivity contribution in [1.82, 2.24) is 0 Å². The van der Waals surface area contributed by atoms with Crippen LogP contribution in [-0.4, -0.2) is 17.2 Å². The molecule has 0 rings (SSSR count). The van der Waals surface area contributed by atoms with Crippen LogP contribution in [0.2, 0.25) is 5.82 Å². The van der Waals surface area contributed by atoms with Gasteiger partial charge in [-0.25, -0.2) is 0 Å². The Balaban J connectivity index is 3.16. The van der Waals surface area contributed by atoms with Gasteiger partial charge >= 0.3 is 7.12 Å². The topological polar surface area (TPSA) is 40.5 Å². The standard InChI is InChI=1S/C6H15BO2/c1-3-4-5-6(2)7(8)9/h6,8-9H,3-5H2,1-2H3. The summed E-state index contributed by atoms with van der Waals surface area (Å²) in [6.07, 6.45) is 3.12. The first-order valence-electron chi connectivity index (χ1n) is 3.54. The summed E-state index contributed by atoms with van der Waals surface area (Å²) in [5.74, 6) is 0.0324. The molecule has 0 radical (unpaired) electrons. The fourth-order valence-corrected chi connectivity index (χ4v) is 0.675. The average Bonchev–Trinajstić information content (AvgIpc) is 1.82. The molecular formula is C6H15BO2. The fourth-order valence-electron chi connectivity index (χ4n) is 0.675. The van der Waals surface area contributed by atoms with E-state index in [4.69, 9.17) is 10.0 Å². The Morgan fingerprint density at radius 1 is 1.44 bits per heavy atom. The van der Waals surface area contributed by atoms with E-state index in [2.05, 4.69) is 6.92 Å². The van der Waals surface area contributed by atoms with Gasteiger partial charge in [0.05, 0.1) is 0 Å². The van der Waals surface area contributed by atoms with Crippen LogP contribution in [0.3, 0.4) is 0 Å². The van der Waals surface area contributed by atoms with Crippen molar-refractivity contribution in [2.75, 3.05) is 0 Å². The third-order valence-electron chi connectivity index (χ3n) is 1.52. The van der Waals surface area contributed by atoms with Crippen molar-refractivity contribution in [3.8, 4) is 0 Å². The summed E-state index contributed by atoms with van der Waals surface area (Å²) < 4.78 is 0. The molecule has 0 aliphatic carbocycles. The first kappa shape index (κ1) is 8.98. The Morgan fingerprint density at radius 2 is 2.00 bits per heavy atom. The zero-order valence-electron chi connectivity index (χ0n) is 6.17. The summed E-state index contributed by atoms with van der Waals surface area (Å²) in [7, 11) is -1.13. The van der Waals surface area contributed by atoms with E-state index in [1.54, 1.807) is 0 Å². The van der Waals surface area contributed by atoms with Gasteiger partial charge in [-0.05, 0) is 5.82 Å². The highest BCUT2D eigenvalue weighted by atomic mass is 16.4. The predicted octanol–water partition coefficient (Wildman–Crippen LogP) is 1.04. The van der Waals surface area contributed by atoms with Crippen LogP contribution in [0.15, 0.2) is 0 Å². The monoisotopic (exact) mass is 130 g/mol. The van der Waals surface area contributed by atoms with Gasteiger partial charge in [-0.3, -0.25) is 0 Å². The van der Waals surface area contributed by atoms with Crippen LogP contribution in [-0.2, 0) is 0 Å². The van der Waals surface area contributed by atoms with E-state index in [-0.39, 0.29) is 5.82 Å². The highest BCUT2D eigenvalue weighted by Crippen LogP contribution is 2.13. The molecule has 0 aromatic heterocycles. The quantitative estimate of drug-likeness (QED) is 0.558. The minimum absolute atomic E-state index is 0.0324. The Morgan fingerprint density at radius 3 is 2.33 bits per heavy atom. The highest BCUT2D eigenvalue weighted by molar-refractivity contribution is 6.42. The summed E-state index contributed by atoms with van der Waals surface area (Å²) in [6.45, 7) is 3.94. The Hall–Kier alpha value is -0.0151. The van der Waals surface area contributed by atoms with Gasteiger partial charge in [0.2, 0.25) is 0 Å². The molecule has 2 nitrogen and oxygen atoms in total. The van der Waals surface area contributed by atoms with Crippen LogP contribution < -0.4 is 0 Å². The lowest BCUT2D eigenvalue weighted by atomic mass is 9.72. The maximum Gasteiger partial charge on any atom is 0.454 e. The molecule has 0 aromatic rings. The number of unbranched alkanes of at least 4 members (excludes halogenated alkanes) is 1. The van der Waals surface area contributed by atoms with Crippen LogP contribution in [0.4, 0.5) is 0 Å². The molecule has 0 heterocycles. The molecule has 0 bridgehead atoms. The Bertz CT molecular complexity index is 66.1. The molecule has 9 heavy (non-hydrogen) atoms. The van der Waals surface area contributed by atoms with Crippen molar-refractivity contribution in [1.29, 1.82) is 0 Å². The normalized spacial score (nSPS) is 13.3. The van der Waals surface area contributed by atoms with E-state index >= 15 is 0 Å². The lowest BCUT2D eigenvalue weighted by Gasteiger charge is -2.06. The van der Waals surface area contributed by atoms with Crippen molar-refractivity contribution >= 4 is 7.12 Å². The minimum Gasteiger partial charge on any atom is -0.427 e. The predicted molar refractivity (Wildman–Crippen MR) is 39.1 cm³/mol. The van der Waals surface area contributed by atoms with Gasteiger partial charge in [0.1, 0.15) is 0 Å². The van der Waals surface area contributed by atoms with Crippen molar-refractivity contribution in [2.45, 2.75) is 38.9 Å². The van der Waals surface area contributed by atoms with Gasteiger partial charge in [-0.15, -0.1) is 0 Å². The molecule has 0 saturated carbocycles. The van der Waals surface area contributed by atoms with Crippen molar-refractivity contribution < 1.29 is 10.0 Å². The number of rotatable bonds is 4. The molecule has 0 amide bonds. The van der Waals surface area contributed by atoms with Gasteiger partial charge in [0, 0.05) is 0 Å². The number of hydrogen-bond donors (Lipinski definition) is 2. The second-order valence-corrected chi connectivity index (χ2v) is 2.53. The molecule has 2 N–H and O–H groups in total. The maximum atomic E-state index is 8.60. The summed E-state index contributed by atoms with van der Waals surface area (Å²) in [5, 5.41) is 17.2. The third kappa shape index (κ3) is 4.49. The van der Waals surface area contributed by atoms with Gasteiger partial charge in [-0.1, -0.05) is 33.1 Å². The Kier molecular flexibility index (Phi) is 4.82. The first-order chi connectivity index (χ1) is 4.18. The molecular weight excluding hydrogens is 115 g/mol. The second-order valence-electron chi connectivity index (χ2n) is 2.53. The molecule has 0 aromatic carbocycles. The van der Waals surface area contributed by atoms with Crippen LogP contribution >= 0.6 is 0 Å². The van der Waals surface area contributed by atoms with Gasteiger partial charge < -0.3 is 10.0 Å². The van der Waals surface area contributed by atoms with E-state index in [0.717, 1.165) is 19.3 Å². The molecule has 1 atom stereocenters. The molecule has 0 saturated heterocycles. The molecule has 54 valence electrons. The van der Waals surface area contributed by atoms with Crippen LogP contribution in [0.25, 0.3) is 0 Å². The van der Waals surface area contributed by atoms with Gasteiger partial charge in [-0.2, -0.15) is 0 Å². The van der Waals surface area contributed by atoms with Crippen LogP contribution in [0.1, 0.15) is 33.1 Å². The van der Waals surface area contributed by atoms with Crippen LogP contribution in [0.5, 0.6) is 0 Å². The molecule has 0 aliphatic heterocycles. The van der Waals surface area contributed by atoms with E-state index in [1.807, 2.05) is 6.92 Å². The molecule has 0 fully saturated rings. The van der Waals surface area contributed by atoms with E-state index in [9.17, 15) is 0 Å². The minimum atomic E-state index is -1.13. The van der Waals surface area contributed by atoms with Gasteiger partial charge in [0.25, 0.3) is 0 Å². The Labute approximate surface area is 57.0 Å². The largest absolute Gasteiger partial charge is 0.454 e. The second kappa shape index (κ2) is 4.83. The van der Waals surface area contributed by atoms with E-state index in [0.29, 0.717) is 0 Å². The van der Waals surface area contributed by atoms with Crippen molar-refractivity contribution in [3.63, 3.8) is 0 Å². The average molecular weight is 130 g/mol. The summed E-state index contributed by atoms with van der Waals surface area (Å²) >= 11 is 0. The van der Waals surface area contributed by atoms with Crippen molar-refractivity contribution in [3.05, 3.63) is 0 Å². The zero-order chi connectivity index (χ0) is 7.28. The SMILES string of the molecule is CCCCC(C)B(O)O. The lowest BCUT2D eigenvalue weighted by molar-refractivity contribution is 0.381. The highest BCUT2D eigenvalue weighted by Gasteiger charge is 2.16. The third-order valence-corrected chi connectivity index (χ3v) is 1.52.